The fraction of sp³-hybridized carbons (Fsp3) is 0.765. The molecule has 2 heterocycles. The largest absolute Gasteiger partial charge is 0.394 e. The van der Waals surface area contributed by atoms with Gasteiger partial charge in [0.1, 0.15) is 17.5 Å². The summed E-state index contributed by atoms with van der Waals surface area (Å²) in [4.78, 5) is 4.82. The zero-order valence-electron chi connectivity index (χ0n) is 14.3. The van der Waals surface area contributed by atoms with Crippen LogP contribution in [0.1, 0.15) is 31.2 Å². The molecule has 0 amide bonds. The summed E-state index contributed by atoms with van der Waals surface area (Å²) in [6.07, 6.45) is 6.73. The average Bonchev–Trinajstić information content (AvgIpc) is 3.05. The molecule has 2 aliphatic rings. The molecule has 0 unspecified atom stereocenters. The molecule has 24 heavy (non-hydrogen) atoms. The lowest BCUT2D eigenvalue weighted by Gasteiger charge is -2.44. The van der Waals surface area contributed by atoms with Gasteiger partial charge in [-0.3, -0.25) is 4.90 Å². The Morgan fingerprint density at radius 1 is 1.25 bits per heavy atom. The third-order valence-corrected chi connectivity index (χ3v) is 5.50. The van der Waals surface area contributed by atoms with Crippen LogP contribution in [0.5, 0.6) is 0 Å². The maximum absolute atomic E-state index is 9.34. The van der Waals surface area contributed by atoms with Crippen LogP contribution >= 0.6 is 0 Å². The number of aromatic nitrogens is 2. The average molecular weight is 332 g/mol. The van der Waals surface area contributed by atoms with E-state index in [2.05, 4.69) is 21.0 Å². The lowest BCUT2D eigenvalue weighted by Crippen LogP contribution is -2.54. The van der Waals surface area contributed by atoms with E-state index in [9.17, 15) is 10.4 Å². The summed E-state index contributed by atoms with van der Waals surface area (Å²) in [6.45, 7) is 5.01. The summed E-state index contributed by atoms with van der Waals surface area (Å²) in [6, 6.07) is 2.84. The van der Waals surface area contributed by atoms with Crippen molar-refractivity contribution in [3.8, 4) is 6.07 Å². The van der Waals surface area contributed by atoms with E-state index < -0.39 is 0 Å². The molecule has 2 atom stereocenters. The Bertz CT molecular complexity index is 572. The van der Waals surface area contributed by atoms with Crippen molar-refractivity contribution in [2.45, 2.75) is 38.3 Å². The molecule has 0 bridgehead atoms. The first-order valence-electron chi connectivity index (χ1n) is 9.04. The molecule has 3 N–H and O–H groups in total. The first-order chi connectivity index (χ1) is 11.8. The van der Waals surface area contributed by atoms with Crippen LogP contribution in [-0.4, -0.2) is 65.2 Å². The minimum Gasteiger partial charge on any atom is -0.394 e. The number of anilines is 1. The van der Waals surface area contributed by atoms with Gasteiger partial charge in [0.15, 0.2) is 0 Å². The fourth-order valence-electron chi connectivity index (χ4n) is 4.26. The van der Waals surface area contributed by atoms with E-state index in [1.807, 2.05) is 0 Å². The molecular formula is C17H28N6O. The highest BCUT2D eigenvalue weighted by atomic mass is 16.3. The standard InChI is InChI=1S/C17H28N6O/c18-11-14-3-1-2-4-16(14)21-5-7-22(8-6-21)17-15(12-19)13-20-23(17)9-10-24/h13-14,16,24H,1-11,18H2/t14-,16+/m0/s1. The predicted molar refractivity (Wildman–Crippen MR) is 92.6 cm³/mol. The second kappa shape index (κ2) is 7.97. The second-order valence-corrected chi connectivity index (χ2v) is 6.81. The maximum atomic E-state index is 9.34. The van der Waals surface area contributed by atoms with E-state index >= 15 is 0 Å². The van der Waals surface area contributed by atoms with E-state index in [0.717, 1.165) is 38.5 Å². The number of aliphatic hydroxyl groups is 1. The fourth-order valence-corrected chi connectivity index (χ4v) is 4.26. The monoisotopic (exact) mass is 332 g/mol. The van der Waals surface area contributed by atoms with Gasteiger partial charge in [-0.15, -0.1) is 0 Å². The SMILES string of the molecule is N#Cc1cnn(CCO)c1N1CCN([C@@H]2CCCC[C@H]2CN)CC1. The third-order valence-electron chi connectivity index (χ3n) is 5.50. The van der Waals surface area contributed by atoms with E-state index in [1.165, 1.54) is 25.7 Å². The lowest BCUT2D eigenvalue weighted by molar-refractivity contribution is 0.100. The molecule has 7 heteroatoms. The van der Waals surface area contributed by atoms with E-state index in [1.54, 1.807) is 10.9 Å². The highest BCUT2D eigenvalue weighted by Gasteiger charge is 2.32. The van der Waals surface area contributed by atoms with Gasteiger partial charge in [-0.2, -0.15) is 10.4 Å². The first kappa shape index (κ1) is 17.2. The molecule has 1 saturated heterocycles. The van der Waals surface area contributed by atoms with Crippen molar-refractivity contribution in [2.75, 3.05) is 44.2 Å². The van der Waals surface area contributed by atoms with Gasteiger partial charge >= 0.3 is 0 Å². The number of nitriles is 1. The molecule has 2 fully saturated rings. The molecule has 1 saturated carbocycles. The minimum absolute atomic E-state index is 0.0275. The summed E-state index contributed by atoms with van der Waals surface area (Å²) >= 11 is 0. The maximum Gasteiger partial charge on any atom is 0.145 e. The quantitative estimate of drug-likeness (QED) is 0.810. The van der Waals surface area contributed by atoms with Crippen molar-refractivity contribution in [1.82, 2.24) is 14.7 Å². The van der Waals surface area contributed by atoms with Gasteiger partial charge in [0.05, 0.1) is 19.3 Å². The second-order valence-electron chi connectivity index (χ2n) is 6.81. The van der Waals surface area contributed by atoms with E-state index in [0.29, 0.717) is 24.1 Å². The van der Waals surface area contributed by atoms with Gasteiger partial charge in [-0.25, -0.2) is 4.68 Å². The van der Waals surface area contributed by atoms with Gasteiger partial charge in [-0.1, -0.05) is 12.8 Å². The van der Waals surface area contributed by atoms with Crippen LogP contribution in [0.15, 0.2) is 6.20 Å². The van der Waals surface area contributed by atoms with Gasteiger partial charge in [0.25, 0.3) is 0 Å². The van der Waals surface area contributed by atoms with Crippen molar-refractivity contribution < 1.29 is 5.11 Å². The third kappa shape index (κ3) is 3.41. The zero-order chi connectivity index (χ0) is 16.9. The van der Waals surface area contributed by atoms with Crippen LogP contribution in [-0.2, 0) is 6.54 Å². The van der Waals surface area contributed by atoms with Gasteiger partial charge in [-0.05, 0) is 25.3 Å². The zero-order valence-corrected chi connectivity index (χ0v) is 14.3. The van der Waals surface area contributed by atoms with Gasteiger partial charge in [0.2, 0.25) is 0 Å². The van der Waals surface area contributed by atoms with Gasteiger partial charge in [0, 0.05) is 32.2 Å². The summed E-state index contributed by atoms with van der Waals surface area (Å²) in [5.41, 5.74) is 6.58. The number of aliphatic hydroxyl groups excluding tert-OH is 1. The van der Waals surface area contributed by atoms with Crippen LogP contribution < -0.4 is 10.6 Å². The summed E-state index contributed by atoms with van der Waals surface area (Å²) in [7, 11) is 0. The Hall–Kier alpha value is -1.62. The lowest BCUT2D eigenvalue weighted by atomic mass is 9.83. The number of piperazine rings is 1. The Kier molecular flexibility index (Phi) is 5.72. The molecular weight excluding hydrogens is 304 g/mol. The van der Waals surface area contributed by atoms with Crippen LogP contribution in [0.25, 0.3) is 0 Å². The molecule has 1 aliphatic carbocycles. The molecule has 0 radical (unpaired) electrons. The van der Waals surface area contributed by atoms with Crippen molar-refractivity contribution >= 4 is 5.82 Å². The van der Waals surface area contributed by atoms with Crippen LogP contribution in [0.4, 0.5) is 5.82 Å². The molecule has 0 spiro atoms. The van der Waals surface area contributed by atoms with Crippen molar-refractivity contribution in [1.29, 1.82) is 5.26 Å². The molecule has 1 aromatic rings. The number of nitrogens with two attached hydrogens (primary N) is 1. The van der Waals surface area contributed by atoms with Crippen LogP contribution in [0.3, 0.4) is 0 Å². The van der Waals surface area contributed by atoms with Crippen LogP contribution in [0.2, 0.25) is 0 Å². The van der Waals surface area contributed by atoms with Gasteiger partial charge < -0.3 is 15.7 Å². The molecule has 1 aromatic heterocycles. The highest BCUT2D eigenvalue weighted by molar-refractivity contribution is 5.54. The Morgan fingerprint density at radius 2 is 2.00 bits per heavy atom. The summed E-state index contributed by atoms with van der Waals surface area (Å²) < 4.78 is 1.75. The molecule has 0 aromatic carbocycles. The summed E-state index contributed by atoms with van der Waals surface area (Å²) in [5, 5.41) is 22.8. The highest BCUT2D eigenvalue weighted by Crippen LogP contribution is 2.29. The summed E-state index contributed by atoms with van der Waals surface area (Å²) in [5.74, 6) is 1.48. The predicted octanol–water partition coefficient (Wildman–Crippen LogP) is 0.387. The Labute approximate surface area is 143 Å². The molecule has 7 nitrogen and oxygen atoms in total. The normalized spacial score (nSPS) is 25.6. The number of hydrogen-bond acceptors (Lipinski definition) is 6. The first-order valence-corrected chi connectivity index (χ1v) is 9.04. The number of rotatable bonds is 5. The van der Waals surface area contributed by atoms with E-state index in [4.69, 9.17) is 5.73 Å². The van der Waals surface area contributed by atoms with Crippen LogP contribution in [0, 0.1) is 17.2 Å². The number of hydrogen-bond donors (Lipinski definition) is 2. The van der Waals surface area contributed by atoms with E-state index in [-0.39, 0.29) is 6.61 Å². The molecule has 3 rings (SSSR count). The topological polar surface area (TPSA) is 94.3 Å². The number of nitrogens with zero attached hydrogens (tertiary/aromatic N) is 5. The van der Waals surface area contributed by atoms with Crippen molar-refractivity contribution in [3.05, 3.63) is 11.8 Å². The molecule has 132 valence electrons. The Balaban J connectivity index is 1.67. The molecule has 1 aliphatic heterocycles. The minimum atomic E-state index is 0.0275. The van der Waals surface area contributed by atoms with Crippen molar-refractivity contribution in [3.63, 3.8) is 0 Å². The smallest absolute Gasteiger partial charge is 0.145 e. The van der Waals surface area contributed by atoms with Crippen molar-refractivity contribution in [2.24, 2.45) is 11.7 Å². The Morgan fingerprint density at radius 3 is 2.67 bits per heavy atom.